The van der Waals surface area contributed by atoms with E-state index in [1.807, 2.05) is 47.2 Å². The second-order valence-electron chi connectivity index (χ2n) is 7.93. The third-order valence-corrected chi connectivity index (χ3v) is 6.77. The molecule has 10 heteroatoms. The van der Waals surface area contributed by atoms with Gasteiger partial charge in [0, 0.05) is 38.6 Å². The lowest BCUT2D eigenvalue weighted by Gasteiger charge is -2.15. The lowest BCUT2D eigenvalue weighted by Crippen LogP contribution is -2.22. The minimum absolute atomic E-state index is 0.0749. The Balaban J connectivity index is 1.47. The highest BCUT2D eigenvalue weighted by Gasteiger charge is 2.18. The molecule has 176 valence electrons. The third kappa shape index (κ3) is 4.69. The highest BCUT2D eigenvalue weighted by molar-refractivity contribution is 7.17. The number of pyridine rings is 1. The molecule has 0 fully saturated rings. The molecule has 0 unspecified atom stereocenters. The van der Waals surface area contributed by atoms with Gasteiger partial charge in [-0.1, -0.05) is 6.07 Å². The highest BCUT2D eigenvalue weighted by atomic mass is 32.1. The summed E-state index contributed by atoms with van der Waals surface area (Å²) in [5, 5.41) is 2.96. The lowest BCUT2D eigenvalue weighted by atomic mass is 10.2. The number of aromatic nitrogens is 4. The average Bonchev–Trinajstić information content (AvgIpc) is 3.62. The molecule has 0 spiro atoms. The fraction of sp³-hybridized carbons (Fsp3) is 0.160. The number of anilines is 2. The standard InChI is InChI=1S/C25H22N6O3S/c1-16(32)30(2)18-5-6-20-19(12-18)28-25(31(20)11-9-17-4-3-10-26-13-17)29-24(33)23-8-7-22(35-23)21-14-27-15-34-21/h3-8,10,12-15H,9,11H2,1-2H3,(H,28,29,33). The maximum atomic E-state index is 13.1. The predicted octanol–water partition coefficient (Wildman–Crippen LogP) is 4.63. The van der Waals surface area contributed by atoms with Crippen molar-refractivity contribution in [3.63, 3.8) is 0 Å². The first-order chi connectivity index (χ1) is 17.0. The van der Waals surface area contributed by atoms with Crippen LogP contribution in [0, 0.1) is 0 Å². The van der Waals surface area contributed by atoms with Gasteiger partial charge < -0.3 is 13.9 Å². The molecule has 9 nitrogen and oxygen atoms in total. The molecule has 35 heavy (non-hydrogen) atoms. The third-order valence-electron chi connectivity index (χ3n) is 5.67. The van der Waals surface area contributed by atoms with E-state index in [9.17, 15) is 9.59 Å². The first-order valence-electron chi connectivity index (χ1n) is 10.9. The van der Waals surface area contributed by atoms with E-state index in [4.69, 9.17) is 9.40 Å². The topological polar surface area (TPSA) is 106 Å². The van der Waals surface area contributed by atoms with Gasteiger partial charge in [0.25, 0.3) is 5.91 Å². The molecule has 0 aliphatic rings. The van der Waals surface area contributed by atoms with Crippen LogP contribution < -0.4 is 10.2 Å². The van der Waals surface area contributed by atoms with Crippen molar-refractivity contribution in [2.75, 3.05) is 17.3 Å². The molecule has 5 rings (SSSR count). The van der Waals surface area contributed by atoms with E-state index in [2.05, 4.69) is 15.3 Å². The van der Waals surface area contributed by atoms with E-state index >= 15 is 0 Å². The van der Waals surface area contributed by atoms with Crippen molar-refractivity contribution in [1.82, 2.24) is 19.5 Å². The average molecular weight is 487 g/mol. The Hall–Kier alpha value is -4.31. The molecule has 0 aliphatic carbocycles. The molecule has 5 aromatic rings. The van der Waals surface area contributed by atoms with Crippen molar-refractivity contribution in [1.29, 1.82) is 0 Å². The molecule has 2 amide bonds. The van der Waals surface area contributed by atoms with Gasteiger partial charge in [0.2, 0.25) is 11.9 Å². The number of amides is 2. The van der Waals surface area contributed by atoms with Gasteiger partial charge in [-0.25, -0.2) is 9.97 Å². The molecule has 0 saturated heterocycles. The zero-order valence-electron chi connectivity index (χ0n) is 19.1. The fourth-order valence-corrected chi connectivity index (χ4v) is 4.56. The first-order valence-corrected chi connectivity index (χ1v) is 11.7. The number of benzene rings is 1. The molecule has 0 atom stereocenters. The summed E-state index contributed by atoms with van der Waals surface area (Å²) in [7, 11) is 1.72. The number of nitrogens with zero attached hydrogens (tertiary/aromatic N) is 5. The molecule has 1 N–H and O–H groups in total. The molecule has 1 aromatic carbocycles. The summed E-state index contributed by atoms with van der Waals surface area (Å²) in [6.45, 7) is 2.10. The first kappa shape index (κ1) is 22.5. The molecular formula is C25H22N6O3S. The summed E-state index contributed by atoms with van der Waals surface area (Å²) in [4.78, 5) is 40.6. The van der Waals surface area contributed by atoms with E-state index in [0.717, 1.165) is 21.6 Å². The number of rotatable bonds is 7. The summed E-state index contributed by atoms with van der Waals surface area (Å²) >= 11 is 1.32. The summed E-state index contributed by atoms with van der Waals surface area (Å²) in [5.74, 6) is 0.708. The second kappa shape index (κ2) is 9.51. The van der Waals surface area contributed by atoms with Crippen molar-refractivity contribution in [3.8, 4) is 10.6 Å². The van der Waals surface area contributed by atoms with Crippen LogP contribution in [0.5, 0.6) is 0 Å². The maximum Gasteiger partial charge on any atom is 0.268 e. The second-order valence-corrected chi connectivity index (χ2v) is 9.02. The minimum Gasteiger partial charge on any atom is -0.443 e. The number of fused-ring (bicyclic) bond motifs is 1. The van der Waals surface area contributed by atoms with Crippen LogP contribution in [0.25, 0.3) is 21.7 Å². The summed E-state index contributed by atoms with van der Waals surface area (Å²) in [6.07, 6.45) is 7.25. The summed E-state index contributed by atoms with van der Waals surface area (Å²) in [5.41, 5.74) is 3.35. The van der Waals surface area contributed by atoms with Crippen LogP contribution in [-0.4, -0.2) is 38.4 Å². The largest absolute Gasteiger partial charge is 0.443 e. The number of oxazole rings is 1. The van der Waals surface area contributed by atoms with E-state index in [-0.39, 0.29) is 11.8 Å². The monoisotopic (exact) mass is 486 g/mol. The number of hydrogen-bond donors (Lipinski definition) is 1. The number of hydrogen-bond acceptors (Lipinski definition) is 7. The SMILES string of the molecule is CC(=O)N(C)c1ccc2c(c1)nc(NC(=O)c1ccc(-c3cnco3)s1)n2CCc1cccnc1. The van der Waals surface area contributed by atoms with Gasteiger partial charge in [-0.2, -0.15) is 0 Å². The van der Waals surface area contributed by atoms with Crippen LogP contribution in [0.15, 0.2) is 71.9 Å². The van der Waals surface area contributed by atoms with Crippen molar-refractivity contribution in [2.45, 2.75) is 19.9 Å². The van der Waals surface area contributed by atoms with Crippen LogP contribution in [0.1, 0.15) is 22.2 Å². The number of carbonyl (C=O) groups is 2. The highest BCUT2D eigenvalue weighted by Crippen LogP contribution is 2.29. The molecule has 0 radical (unpaired) electrons. The Morgan fingerprint density at radius 2 is 2.03 bits per heavy atom. The van der Waals surface area contributed by atoms with Gasteiger partial charge in [0.15, 0.2) is 12.2 Å². The van der Waals surface area contributed by atoms with Crippen molar-refractivity contribution in [2.24, 2.45) is 0 Å². The zero-order chi connectivity index (χ0) is 24.4. The minimum atomic E-state index is -0.264. The number of carbonyl (C=O) groups excluding carboxylic acids is 2. The smallest absolute Gasteiger partial charge is 0.268 e. The number of aryl methyl sites for hydroxylation is 2. The van der Waals surface area contributed by atoms with Gasteiger partial charge in [-0.15, -0.1) is 11.3 Å². The number of nitrogens with one attached hydrogen (secondary N) is 1. The molecular weight excluding hydrogens is 464 g/mol. The lowest BCUT2D eigenvalue weighted by molar-refractivity contribution is -0.116. The summed E-state index contributed by atoms with van der Waals surface area (Å²) in [6, 6.07) is 13.1. The number of imidazole rings is 1. The van der Waals surface area contributed by atoms with Crippen LogP contribution in [0.3, 0.4) is 0 Å². The van der Waals surface area contributed by atoms with Crippen LogP contribution in [0.2, 0.25) is 0 Å². The fourth-order valence-electron chi connectivity index (χ4n) is 3.71. The van der Waals surface area contributed by atoms with Gasteiger partial charge >= 0.3 is 0 Å². The summed E-state index contributed by atoms with van der Waals surface area (Å²) < 4.78 is 7.30. The van der Waals surface area contributed by atoms with Gasteiger partial charge in [-0.3, -0.25) is 19.9 Å². The molecule has 0 saturated carbocycles. The van der Waals surface area contributed by atoms with E-state index in [1.54, 1.807) is 30.4 Å². The Bertz CT molecular complexity index is 1490. The molecule has 4 heterocycles. The van der Waals surface area contributed by atoms with Crippen molar-refractivity contribution < 1.29 is 14.0 Å². The Kier molecular flexibility index (Phi) is 6.11. The molecule has 0 bridgehead atoms. The normalized spacial score (nSPS) is 11.0. The van der Waals surface area contributed by atoms with Gasteiger partial charge in [-0.05, 0) is 48.4 Å². The Morgan fingerprint density at radius 1 is 1.14 bits per heavy atom. The zero-order valence-corrected chi connectivity index (χ0v) is 20.0. The van der Waals surface area contributed by atoms with Gasteiger partial charge in [0.1, 0.15) is 0 Å². The quantitative estimate of drug-likeness (QED) is 0.360. The van der Waals surface area contributed by atoms with Crippen LogP contribution in [0.4, 0.5) is 11.6 Å². The van der Waals surface area contributed by atoms with Crippen molar-refractivity contribution in [3.05, 3.63) is 77.9 Å². The van der Waals surface area contributed by atoms with E-state index in [1.165, 1.54) is 24.7 Å². The van der Waals surface area contributed by atoms with Crippen molar-refractivity contribution >= 4 is 45.8 Å². The number of thiophene rings is 1. The maximum absolute atomic E-state index is 13.1. The molecule has 4 aromatic heterocycles. The van der Waals surface area contributed by atoms with Crippen LogP contribution in [-0.2, 0) is 17.8 Å². The van der Waals surface area contributed by atoms with E-state index in [0.29, 0.717) is 35.1 Å². The van der Waals surface area contributed by atoms with E-state index < -0.39 is 0 Å². The van der Waals surface area contributed by atoms with Crippen LogP contribution >= 0.6 is 11.3 Å². The van der Waals surface area contributed by atoms with Gasteiger partial charge in [0.05, 0.1) is 27.0 Å². The molecule has 0 aliphatic heterocycles. The Morgan fingerprint density at radius 3 is 2.77 bits per heavy atom. The predicted molar refractivity (Wildman–Crippen MR) is 135 cm³/mol. The Labute approximate surface area is 205 Å².